The molecular formula is C13H28N2O. The van der Waals surface area contributed by atoms with Crippen LogP contribution in [0.1, 0.15) is 34.1 Å². The van der Waals surface area contributed by atoms with Gasteiger partial charge in [-0.3, -0.25) is 9.80 Å². The van der Waals surface area contributed by atoms with E-state index >= 15 is 0 Å². The minimum Gasteiger partial charge on any atom is -0.383 e. The second kappa shape index (κ2) is 5.48. The van der Waals surface area contributed by atoms with Gasteiger partial charge in [0.2, 0.25) is 0 Å². The van der Waals surface area contributed by atoms with E-state index in [1.807, 2.05) is 0 Å². The zero-order valence-electron chi connectivity index (χ0n) is 11.8. The maximum absolute atomic E-state index is 5.14. The van der Waals surface area contributed by atoms with Gasteiger partial charge in [0.15, 0.2) is 0 Å². The summed E-state index contributed by atoms with van der Waals surface area (Å²) in [6.45, 7) is 12.3. The maximum atomic E-state index is 5.14. The molecule has 3 nitrogen and oxygen atoms in total. The van der Waals surface area contributed by atoms with Crippen molar-refractivity contribution in [1.29, 1.82) is 0 Å². The van der Waals surface area contributed by atoms with Gasteiger partial charge in [0.25, 0.3) is 0 Å². The van der Waals surface area contributed by atoms with Crippen LogP contribution in [-0.4, -0.2) is 61.3 Å². The van der Waals surface area contributed by atoms with E-state index in [0.717, 1.165) is 13.2 Å². The van der Waals surface area contributed by atoms with Crippen molar-refractivity contribution < 1.29 is 4.74 Å². The molecule has 0 aromatic heterocycles. The Labute approximate surface area is 101 Å². The summed E-state index contributed by atoms with van der Waals surface area (Å²) in [5.74, 6) is 0. The molecule has 0 amide bonds. The predicted molar refractivity (Wildman–Crippen MR) is 68.8 cm³/mol. The fourth-order valence-corrected chi connectivity index (χ4v) is 2.67. The van der Waals surface area contributed by atoms with Crippen molar-refractivity contribution in [2.75, 3.05) is 33.9 Å². The lowest BCUT2D eigenvalue weighted by Crippen LogP contribution is -2.45. The molecule has 96 valence electrons. The Morgan fingerprint density at radius 2 is 2.00 bits per heavy atom. The molecule has 0 unspecified atom stereocenters. The lowest BCUT2D eigenvalue weighted by molar-refractivity contribution is 0.111. The van der Waals surface area contributed by atoms with Crippen molar-refractivity contribution in [3.63, 3.8) is 0 Å². The molecule has 2 atom stereocenters. The fraction of sp³-hybridized carbons (Fsp3) is 1.00. The number of nitrogens with zero attached hydrogens (tertiary/aromatic N) is 2. The number of ether oxygens (including phenoxy) is 1. The Hall–Kier alpha value is -0.120. The lowest BCUT2D eigenvalue weighted by Gasteiger charge is -2.35. The molecular weight excluding hydrogens is 200 g/mol. The lowest BCUT2D eigenvalue weighted by atomic mass is 10.1. The number of likely N-dealkylation sites (N-methyl/N-ethyl adjacent to an activating group) is 1. The molecule has 1 saturated heterocycles. The highest BCUT2D eigenvalue weighted by molar-refractivity contribution is 4.93. The van der Waals surface area contributed by atoms with Crippen LogP contribution in [0.4, 0.5) is 0 Å². The van der Waals surface area contributed by atoms with Crippen molar-refractivity contribution in [3.8, 4) is 0 Å². The van der Waals surface area contributed by atoms with Crippen LogP contribution in [0.5, 0.6) is 0 Å². The van der Waals surface area contributed by atoms with Crippen molar-refractivity contribution in [2.45, 2.75) is 51.7 Å². The van der Waals surface area contributed by atoms with Crippen LogP contribution < -0.4 is 0 Å². The van der Waals surface area contributed by atoms with Crippen LogP contribution >= 0.6 is 0 Å². The van der Waals surface area contributed by atoms with Crippen molar-refractivity contribution in [1.82, 2.24) is 9.80 Å². The van der Waals surface area contributed by atoms with Crippen LogP contribution in [0.15, 0.2) is 0 Å². The third-order valence-electron chi connectivity index (χ3n) is 3.69. The van der Waals surface area contributed by atoms with Gasteiger partial charge in [0.1, 0.15) is 0 Å². The van der Waals surface area contributed by atoms with Gasteiger partial charge < -0.3 is 4.74 Å². The molecule has 0 radical (unpaired) electrons. The third kappa shape index (κ3) is 3.44. The Morgan fingerprint density at radius 3 is 2.44 bits per heavy atom. The molecule has 1 aliphatic heterocycles. The van der Waals surface area contributed by atoms with Crippen LogP contribution in [-0.2, 0) is 4.74 Å². The van der Waals surface area contributed by atoms with Gasteiger partial charge in [-0.2, -0.15) is 0 Å². The van der Waals surface area contributed by atoms with E-state index in [9.17, 15) is 0 Å². The molecule has 1 rings (SSSR count). The molecule has 16 heavy (non-hydrogen) atoms. The minimum absolute atomic E-state index is 0.288. The summed E-state index contributed by atoms with van der Waals surface area (Å²) < 4.78 is 5.14. The SMILES string of the molecule is COCCN(C)[C@H]1C[C@H](C)N(C(C)(C)C)C1. The number of methoxy groups -OCH3 is 1. The van der Waals surface area contributed by atoms with E-state index in [0.29, 0.717) is 12.1 Å². The van der Waals surface area contributed by atoms with Crippen LogP contribution in [0.3, 0.4) is 0 Å². The average molecular weight is 228 g/mol. The molecule has 0 aliphatic carbocycles. The topological polar surface area (TPSA) is 15.7 Å². The summed E-state index contributed by atoms with van der Waals surface area (Å²) in [5.41, 5.74) is 0.288. The Kier molecular flexibility index (Phi) is 4.77. The molecule has 0 aromatic rings. The standard InChI is InChI=1S/C13H28N2O/c1-11-9-12(14(5)7-8-16-6)10-15(11)13(2,3)4/h11-12H,7-10H2,1-6H3/t11-,12-/m0/s1. The molecule has 0 bridgehead atoms. The predicted octanol–water partition coefficient (Wildman–Crippen LogP) is 1.83. The van der Waals surface area contributed by atoms with Crippen molar-refractivity contribution >= 4 is 0 Å². The van der Waals surface area contributed by atoms with Gasteiger partial charge in [-0.1, -0.05) is 0 Å². The number of likely N-dealkylation sites (tertiary alicyclic amines) is 1. The summed E-state index contributed by atoms with van der Waals surface area (Å²) in [5, 5.41) is 0. The van der Waals surface area contributed by atoms with E-state index < -0.39 is 0 Å². The normalized spacial score (nSPS) is 27.9. The maximum Gasteiger partial charge on any atom is 0.0589 e. The monoisotopic (exact) mass is 228 g/mol. The molecule has 1 aliphatic rings. The molecule has 0 N–H and O–H groups in total. The van der Waals surface area contributed by atoms with E-state index in [1.54, 1.807) is 7.11 Å². The first-order valence-electron chi connectivity index (χ1n) is 6.32. The van der Waals surface area contributed by atoms with Gasteiger partial charge in [0.05, 0.1) is 6.61 Å². The molecule has 0 aromatic carbocycles. The van der Waals surface area contributed by atoms with Crippen LogP contribution in [0, 0.1) is 0 Å². The second-order valence-electron chi connectivity index (χ2n) is 6.04. The second-order valence-corrected chi connectivity index (χ2v) is 6.04. The molecule has 0 spiro atoms. The summed E-state index contributed by atoms with van der Waals surface area (Å²) in [4.78, 5) is 5.05. The van der Waals surface area contributed by atoms with E-state index in [2.05, 4.69) is 44.5 Å². The van der Waals surface area contributed by atoms with Gasteiger partial charge in [-0.05, 0) is 41.2 Å². The molecule has 3 heteroatoms. The zero-order chi connectivity index (χ0) is 12.3. The molecule has 0 saturated carbocycles. The van der Waals surface area contributed by atoms with Crippen molar-refractivity contribution in [3.05, 3.63) is 0 Å². The summed E-state index contributed by atoms with van der Waals surface area (Å²) in [6.07, 6.45) is 1.28. The first-order chi connectivity index (χ1) is 7.36. The number of hydrogen-bond acceptors (Lipinski definition) is 3. The highest BCUT2D eigenvalue weighted by Gasteiger charge is 2.36. The largest absolute Gasteiger partial charge is 0.383 e. The highest BCUT2D eigenvalue weighted by Crippen LogP contribution is 2.28. The average Bonchev–Trinajstić information content (AvgIpc) is 2.56. The van der Waals surface area contributed by atoms with Gasteiger partial charge in [-0.15, -0.1) is 0 Å². The third-order valence-corrected chi connectivity index (χ3v) is 3.69. The first-order valence-corrected chi connectivity index (χ1v) is 6.32. The Bertz CT molecular complexity index is 212. The van der Waals surface area contributed by atoms with E-state index in [1.165, 1.54) is 13.0 Å². The van der Waals surface area contributed by atoms with E-state index in [-0.39, 0.29) is 5.54 Å². The number of hydrogen-bond donors (Lipinski definition) is 0. The summed E-state index contributed by atoms with van der Waals surface area (Å²) in [6, 6.07) is 1.37. The highest BCUT2D eigenvalue weighted by atomic mass is 16.5. The minimum atomic E-state index is 0.288. The van der Waals surface area contributed by atoms with E-state index in [4.69, 9.17) is 4.74 Å². The van der Waals surface area contributed by atoms with Gasteiger partial charge in [0, 0.05) is 37.8 Å². The van der Waals surface area contributed by atoms with Crippen LogP contribution in [0.2, 0.25) is 0 Å². The quantitative estimate of drug-likeness (QED) is 0.730. The fourth-order valence-electron chi connectivity index (χ4n) is 2.67. The summed E-state index contributed by atoms with van der Waals surface area (Å²) in [7, 11) is 3.98. The van der Waals surface area contributed by atoms with Crippen molar-refractivity contribution in [2.24, 2.45) is 0 Å². The first kappa shape index (κ1) is 13.9. The van der Waals surface area contributed by atoms with Gasteiger partial charge in [-0.25, -0.2) is 0 Å². The number of rotatable bonds is 4. The zero-order valence-corrected chi connectivity index (χ0v) is 11.8. The Morgan fingerprint density at radius 1 is 1.38 bits per heavy atom. The summed E-state index contributed by atoms with van der Waals surface area (Å²) >= 11 is 0. The molecule has 1 fully saturated rings. The Balaban J connectivity index is 2.49. The smallest absolute Gasteiger partial charge is 0.0589 e. The van der Waals surface area contributed by atoms with Gasteiger partial charge >= 0.3 is 0 Å². The van der Waals surface area contributed by atoms with Crippen LogP contribution in [0.25, 0.3) is 0 Å². The molecule has 1 heterocycles.